The third-order valence-corrected chi connectivity index (χ3v) is 4.44. The molecule has 140 valence electrons. The molecule has 0 bridgehead atoms. The Balaban J connectivity index is 0.00000338. The molecule has 2 amide bonds. The Bertz CT molecular complexity index is 750. The summed E-state index contributed by atoms with van der Waals surface area (Å²) in [5.74, 6) is -0.311. The summed E-state index contributed by atoms with van der Waals surface area (Å²) >= 11 is 0. The molecule has 0 aliphatic heterocycles. The number of benzene rings is 2. The van der Waals surface area contributed by atoms with Crippen molar-refractivity contribution in [3.05, 3.63) is 59.7 Å². The highest BCUT2D eigenvalue weighted by atomic mass is 35.5. The van der Waals surface area contributed by atoms with E-state index in [9.17, 15) is 9.59 Å². The lowest BCUT2D eigenvalue weighted by Gasteiger charge is -2.19. The standard InChI is InChI=1S/C20H25N3O2.ClH/c1-4-13(2)18(21)20(25)23-17-12-8-11-16(14(17)3)22-19(24)15-9-6-5-7-10-15;/h5-13,18H,4,21H2,1-3H3,(H,22,24)(H,23,25);1H. The van der Waals surface area contributed by atoms with E-state index < -0.39 is 6.04 Å². The van der Waals surface area contributed by atoms with Crippen molar-refractivity contribution in [2.45, 2.75) is 33.2 Å². The average Bonchev–Trinajstić information content (AvgIpc) is 2.64. The summed E-state index contributed by atoms with van der Waals surface area (Å²) in [5.41, 5.74) is 8.65. The molecule has 2 unspecified atom stereocenters. The van der Waals surface area contributed by atoms with E-state index in [2.05, 4.69) is 10.6 Å². The van der Waals surface area contributed by atoms with Crippen molar-refractivity contribution < 1.29 is 9.59 Å². The van der Waals surface area contributed by atoms with Gasteiger partial charge in [0.25, 0.3) is 5.91 Å². The van der Waals surface area contributed by atoms with Crippen LogP contribution in [0.2, 0.25) is 0 Å². The van der Waals surface area contributed by atoms with Gasteiger partial charge in [0.1, 0.15) is 0 Å². The minimum atomic E-state index is -0.563. The van der Waals surface area contributed by atoms with E-state index in [1.165, 1.54) is 0 Å². The van der Waals surface area contributed by atoms with Crippen molar-refractivity contribution >= 4 is 35.6 Å². The maximum atomic E-state index is 12.3. The lowest BCUT2D eigenvalue weighted by Crippen LogP contribution is -2.40. The first-order valence-electron chi connectivity index (χ1n) is 8.46. The lowest BCUT2D eigenvalue weighted by molar-refractivity contribution is -0.118. The van der Waals surface area contributed by atoms with Gasteiger partial charge in [0, 0.05) is 16.9 Å². The van der Waals surface area contributed by atoms with Crippen molar-refractivity contribution in [3.8, 4) is 0 Å². The molecule has 0 spiro atoms. The Morgan fingerprint density at radius 2 is 1.58 bits per heavy atom. The summed E-state index contributed by atoms with van der Waals surface area (Å²) < 4.78 is 0. The van der Waals surface area contributed by atoms with E-state index in [0.29, 0.717) is 16.9 Å². The van der Waals surface area contributed by atoms with Crippen LogP contribution in [0.1, 0.15) is 36.2 Å². The average molecular weight is 376 g/mol. The maximum Gasteiger partial charge on any atom is 0.255 e. The molecule has 2 atom stereocenters. The summed E-state index contributed by atoms with van der Waals surface area (Å²) in [4.78, 5) is 24.6. The molecular formula is C20H26ClN3O2. The molecule has 0 saturated carbocycles. The summed E-state index contributed by atoms with van der Waals surface area (Å²) in [6.07, 6.45) is 0.834. The van der Waals surface area contributed by atoms with E-state index in [4.69, 9.17) is 5.73 Å². The van der Waals surface area contributed by atoms with Gasteiger partial charge in [-0.3, -0.25) is 9.59 Å². The number of nitrogens with one attached hydrogen (secondary N) is 2. The van der Waals surface area contributed by atoms with Gasteiger partial charge in [0.05, 0.1) is 6.04 Å². The molecule has 0 radical (unpaired) electrons. The first-order chi connectivity index (χ1) is 11.9. The highest BCUT2D eigenvalue weighted by Crippen LogP contribution is 2.24. The normalized spacial score (nSPS) is 12.5. The highest BCUT2D eigenvalue weighted by molar-refractivity contribution is 6.05. The van der Waals surface area contributed by atoms with Crippen LogP contribution in [0.15, 0.2) is 48.5 Å². The number of nitrogens with two attached hydrogens (primary N) is 1. The fraction of sp³-hybridized carbons (Fsp3) is 0.300. The summed E-state index contributed by atoms with van der Waals surface area (Å²) in [7, 11) is 0. The minimum absolute atomic E-state index is 0. The molecule has 0 aliphatic rings. The predicted octanol–water partition coefficient (Wildman–Crippen LogP) is 3.98. The van der Waals surface area contributed by atoms with Crippen molar-refractivity contribution in [3.63, 3.8) is 0 Å². The molecule has 0 aromatic heterocycles. The SMILES string of the molecule is CCC(C)C(N)C(=O)Nc1cccc(NC(=O)c2ccccc2)c1C.Cl. The smallest absolute Gasteiger partial charge is 0.255 e. The number of rotatable bonds is 6. The highest BCUT2D eigenvalue weighted by Gasteiger charge is 2.20. The monoisotopic (exact) mass is 375 g/mol. The van der Waals surface area contributed by atoms with Crippen LogP contribution in [0.3, 0.4) is 0 Å². The minimum Gasteiger partial charge on any atom is -0.324 e. The number of anilines is 2. The second-order valence-corrected chi connectivity index (χ2v) is 6.20. The van der Waals surface area contributed by atoms with Gasteiger partial charge in [-0.25, -0.2) is 0 Å². The number of carbonyl (C=O) groups excluding carboxylic acids is 2. The second-order valence-electron chi connectivity index (χ2n) is 6.20. The van der Waals surface area contributed by atoms with Crippen LogP contribution in [0.4, 0.5) is 11.4 Å². The molecule has 2 aromatic rings. The van der Waals surface area contributed by atoms with Crippen LogP contribution in [0.25, 0.3) is 0 Å². The van der Waals surface area contributed by atoms with E-state index in [1.54, 1.807) is 30.3 Å². The van der Waals surface area contributed by atoms with Gasteiger partial charge in [-0.15, -0.1) is 12.4 Å². The van der Waals surface area contributed by atoms with Crippen molar-refractivity contribution in [2.24, 2.45) is 11.7 Å². The molecule has 6 heteroatoms. The topological polar surface area (TPSA) is 84.2 Å². The van der Waals surface area contributed by atoms with Crippen LogP contribution < -0.4 is 16.4 Å². The third kappa shape index (κ3) is 5.31. The van der Waals surface area contributed by atoms with Crippen molar-refractivity contribution in [1.29, 1.82) is 0 Å². The lowest BCUT2D eigenvalue weighted by atomic mass is 9.99. The molecule has 0 saturated heterocycles. The number of hydrogen-bond donors (Lipinski definition) is 3. The molecule has 0 aliphatic carbocycles. The van der Waals surface area contributed by atoms with Gasteiger partial charge in [0.15, 0.2) is 0 Å². The Labute approximate surface area is 160 Å². The zero-order valence-corrected chi connectivity index (χ0v) is 16.1. The van der Waals surface area contributed by atoms with Crippen LogP contribution in [-0.2, 0) is 4.79 Å². The molecule has 5 nitrogen and oxygen atoms in total. The quantitative estimate of drug-likeness (QED) is 0.713. The van der Waals surface area contributed by atoms with Gasteiger partial charge in [-0.05, 0) is 42.7 Å². The van der Waals surface area contributed by atoms with Gasteiger partial charge in [-0.1, -0.05) is 44.5 Å². The first kappa shape index (κ1) is 21.7. The van der Waals surface area contributed by atoms with Crippen LogP contribution >= 0.6 is 12.4 Å². The zero-order valence-electron chi connectivity index (χ0n) is 15.3. The zero-order chi connectivity index (χ0) is 18.4. The summed E-state index contributed by atoms with van der Waals surface area (Å²) in [5, 5.41) is 5.75. The number of hydrogen-bond acceptors (Lipinski definition) is 3. The molecule has 4 N–H and O–H groups in total. The maximum absolute atomic E-state index is 12.3. The second kappa shape index (κ2) is 9.94. The Morgan fingerprint density at radius 3 is 2.15 bits per heavy atom. The summed E-state index contributed by atoms with van der Waals surface area (Å²) in [6, 6.07) is 13.8. The molecule has 2 aromatic carbocycles. The van der Waals surface area contributed by atoms with E-state index >= 15 is 0 Å². The van der Waals surface area contributed by atoms with E-state index in [-0.39, 0.29) is 30.1 Å². The Morgan fingerprint density at radius 1 is 1.00 bits per heavy atom. The molecular weight excluding hydrogens is 350 g/mol. The van der Waals surface area contributed by atoms with Crippen LogP contribution in [-0.4, -0.2) is 17.9 Å². The molecule has 0 heterocycles. The number of halogens is 1. The van der Waals surface area contributed by atoms with Gasteiger partial charge in [-0.2, -0.15) is 0 Å². The third-order valence-electron chi connectivity index (χ3n) is 4.44. The molecule has 0 fully saturated rings. The van der Waals surface area contributed by atoms with Crippen LogP contribution in [0, 0.1) is 12.8 Å². The van der Waals surface area contributed by atoms with Gasteiger partial charge < -0.3 is 16.4 Å². The van der Waals surface area contributed by atoms with Crippen LogP contribution in [0.5, 0.6) is 0 Å². The van der Waals surface area contributed by atoms with Gasteiger partial charge in [0.2, 0.25) is 5.91 Å². The first-order valence-corrected chi connectivity index (χ1v) is 8.46. The number of amides is 2. The Hall–Kier alpha value is -2.37. The largest absolute Gasteiger partial charge is 0.324 e. The van der Waals surface area contributed by atoms with E-state index in [1.807, 2.05) is 39.0 Å². The van der Waals surface area contributed by atoms with E-state index in [0.717, 1.165) is 12.0 Å². The Kier molecular flexibility index (Phi) is 8.29. The predicted molar refractivity (Wildman–Crippen MR) is 109 cm³/mol. The van der Waals surface area contributed by atoms with Gasteiger partial charge >= 0.3 is 0 Å². The summed E-state index contributed by atoms with van der Waals surface area (Å²) in [6.45, 7) is 5.81. The molecule has 2 rings (SSSR count). The number of carbonyl (C=O) groups is 2. The molecule has 26 heavy (non-hydrogen) atoms. The fourth-order valence-corrected chi connectivity index (χ4v) is 2.42. The fourth-order valence-electron chi connectivity index (χ4n) is 2.42. The van der Waals surface area contributed by atoms with Crippen molar-refractivity contribution in [1.82, 2.24) is 0 Å². The van der Waals surface area contributed by atoms with Crippen molar-refractivity contribution in [2.75, 3.05) is 10.6 Å².